The maximum Gasteiger partial charge on any atom is 0.240 e. The Morgan fingerprint density at radius 3 is 2.43 bits per heavy atom. The van der Waals surface area contributed by atoms with Crippen LogP contribution in [0.1, 0.15) is 11.1 Å². The average molecular weight is 305 g/mol. The molecule has 0 spiro atoms. The highest BCUT2D eigenvalue weighted by Gasteiger charge is 2.12. The summed E-state index contributed by atoms with van der Waals surface area (Å²) < 4.78 is 32.1. The van der Waals surface area contributed by atoms with Gasteiger partial charge in [0.25, 0.3) is 0 Å². The van der Waals surface area contributed by atoms with Crippen LogP contribution in [0.4, 0.5) is 0 Å². The van der Waals surface area contributed by atoms with Gasteiger partial charge in [0.05, 0.1) is 4.90 Å². The fraction of sp³-hybridized carbons (Fsp3) is 0.250. The molecule has 0 aromatic heterocycles. The van der Waals surface area contributed by atoms with E-state index in [1.54, 1.807) is 30.3 Å². The van der Waals surface area contributed by atoms with E-state index in [0.717, 1.165) is 11.3 Å². The number of nitrogens with one attached hydrogen (secondary N) is 1. The highest BCUT2D eigenvalue weighted by Crippen LogP contribution is 2.18. The first-order valence-corrected chi connectivity index (χ1v) is 8.22. The van der Waals surface area contributed by atoms with Crippen molar-refractivity contribution >= 4 is 10.0 Å². The van der Waals surface area contributed by atoms with Gasteiger partial charge in [-0.1, -0.05) is 35.9 Å². The van der Waals surface area contributed by atoms with Crippen LogP contribution >= 0.6 is 0 Å². The average Bonchev–Trinajstić information content (AvgIpc) is 2.46. The monoisotopic (exact) mass is 305 g/mol. The summed E-state index contributed by atoms with van der Waals surface area (Å²) in [4.78, 5) is 0.261. The van der Waals surface area contributed by atoms with E-state index >= 15 is 0 Å². The van der Waals surface area contributed by atoms with Crippen LogP contribution in [0.3, 0.4) is 0 Å². The van der Waals surface area contributed by atoms with E-state index < -0.39 is 10.0 Å². The molecule has 0 aliphatic carbocycles. The number of ether oxygens (including phenoxy) is 1. The Hall–Kier alpha value is -1.85. The Balaban J connectivity index is 1.87. The molecule has 0 saturated heterocycles. The van der Waals surface area contributed by atoms with E-state index in [0.29, 0.717) is 0 Å². The van der Waals surface area contributed by atoms with E-state index in [-0.39, 0.29) is 18.0 Å². The molecule has 0 aliphatic heterocycles. The van der Waals surface area contributed by atoms with Crippen LogP contribution in [0, 0.1) is 13.8 Å². The zero-order chi connectivity index (χ0) is 15.3. The van der Waals surface area contributed by atoms with Gasteiger partial charge in [-0.05, 0) is 37.6 Å². The molecule has 112 valence electrons. The van der Waals surface area contributed by atoms with Crippen LogP contribution < -0.4 is 9.46 Å². The van der Waals surface area contributed by atoms with Crippen molar-refractivity contribution in [2.24, 2.45) is 0 Å². The maximum atomic E-state index is 12.0. The fourth-order valence-electron chi connectivity index (χ4n) is 1.98. The third kappa shape index (κ3) is 4.31. The second-order valence-electron chi connectivity index (χ2n) is 4.83. The van der Waals surface area contributed by atoms with Crippen LogP contribution in [0.25, 0.3) is 0 Å². The molecule has 0 heterocycles. The van der Waals surface area contributed by atoms with Gasteiger partial charge in [-0.15, -0.1) is 0 Å². The van der Waals surface area contributed by atoms with Crippen molar-refractivity contribution in [3.63, 3.8) is 0 Å². The second kappa shape index (κ2) is 6.74. The largest absolute Gasteiger partial charge is 0.492 e. The molecular formula is C16H19NO3S. The molecule has 0 fully saturated rings. The fourth-order valence-corrected chi connectivity index (χ4v) is 3.02. The maximum absolute atomic E-state index is 12.0. The molecule has 2 aromatic rings. The van der Waals surface area contributed by atoms with E-state index in [9.17, 15) is 8.42 Å². The number of sulfonamides is 1. The molecule has 0 saturated carbocycles. The minimum absolute atomic E-state index is 0.227. The molecule has 21 heavy (non-hydrogen) atoms. The predicted octanol–water partition coefficient (Wildman–Crippen LogP) is 2.66. The predicted molar refractivity (Wildman–Crippen MR) is 83.0 cm³/mol. The highest BCUT2D eigenvalue weighted by atomic mass is 32.2. The lowest BCUT2D eigenvalue weighted by molar-refractivity contribution is 0.320. The first kappa shape index (κ1) is 15.5. The van der Waals surface area contributed by atoms with Crippen molar-refractivity contribution in [3.05, 3.63) is 59.7 Å². The van der Waals surface area contributed by atoms with Gasteiger partial charge in [0.15, 0.2) is 0 Å². The van der Waals surface area contributed by atoms with Crippen LogP contribution in [0.2, 0.25) is 0 Å². The van der Waals surface area contributed by atoms with Crippen molar-refractivity contribution in [1.82, 2.24) is 4.72 Å². The standard InChI is InChI=1S/C16H19NO3S/c1-13-8-9-16(14(2)12-13)20-11-10-17-21(18,19)15-6-4-3-5-7-15/h3-9,12,17H,10-11H2,1-2H3. The lowest BCUT2D eigenvalue weighted by atomic mass is 10.1. The van der Waals surface area contributed by atoms with Crippen LogP contribution in [0.15, 0.2) is 53.4 Å². The van der Waals surface area contributed by atoms with E-state index in [2.05, 4.69) is 4.72 Å². The first-order chi connectivity index (χ1) is 9.99. The van der Waals surface area contributed by atoms with Crippen LogP contribution in [-0.2, 0) is 10.0 Å². The number of hydrogen-bond acceptors (Lipinski definition) is 3. The summed E-state index contributed by atoms with van der Waals surface area (Å²) in [5, 5.41) is 0. The molecule has 2 rings (SSSR count). The van der Waals surface area contributed by atoms with Crippen molar-refractivity contribution in [2.45, 2.75) is 18.7 Å². The molecule has 0 aliphatic rings. The van der Waals surface area contributed by atoms with Gasteiger partial charge < -0.3 is 4.74 Å². The summed E-state index contributed by atoms with van der Waals surface area (Å²) in [5.74, 6) is 0.777. The number of benzene rings is 2. The summed E-state index contributed by atoms with van der Waals surface area (Å²) in [6, 6.07) is 14.2. The van der Waals surface area contributed by atoms with Crippen molar-refractivity contribution in [1.29, 1.82) is 0 Å². The van der Waals surface area contributed by atoms with Crippen molar-refractivity contribution in [2.75, 3.05) is 13.2 Å². The minimum atomic E-state index is -3.46. The van der Waals surface area contributed by atoms with Crippen molar-refractivity contribution < 1.29 is 13.2 Å². The molecule has 0 amide bonds. The molecule has 4 nitrogen and oxygen atoms in total. The molecule has 0 bridgehead atoms. The van der Waals surface area contributed by atoms with Gasteiger partial charge in [-0.3, -0.25) is 0 Å². The highest BCUT2D eigenvalue weighted by molar-refractivity contribution is 7.89. The lowest BCUT2D eigenvalue weighted by Crippen LogP contribution is -2.28. The molecule has 1 N–H and O–H groups in total. The summed E-state index contributed by atoms with van der Waals surface area (Å²) >= 11 is 0. The third-order valence-corrected chi connectivity index (χ3v) is 4.51. The lowest BCUT2D eigenvalue weighted by Gasteiger charge is -2.11. The minimum Gasteiger partial charge on any atom is -0.492 e. The Morgan fingerprint density at radius 2 is 1.76 bits per heavy atom. The quantitative estimate of drug-likeness (QED) is 0.835. The smallest absolute Gasteiger partial charge is 0.240 e. The topological polar surface area (TPSA) is 55.4 Å². The van der Waals surface area contributed by atoms with E-state index in [1.165, 1.54) is 5.56 Å². The van der Waals surface area contributed by atoms with E-state index in [4.69, 9.17) is 4.74 Å². The summed E-state index contributed by atoms with van der Waals surface area (Å²) in [6.45, 7) is 4.50. The van der Waals surface area contributed by atoms with Gasteiger partial charge in [-0.2, -0.15) is 0 Å². The molecule has 0 unspecified atom stereocenters. The van der Waals surface area contributed by atoms with Crippen LogP contribution in [0.5, 0.6) is 5.75 Å². The molecular weight excluding hydrogens is 286 g/mol. The van der Waals surface area contributed by atoms with E-state index in [1.807, 2.05) is 32.0 Å². The van der Waals surface area contributed by atoms with Gasteiger partial charge in [0.2, 0.25) is 10.0 Å². The first-order valence-electron chi connectivity index (χ1n) is 6.74. The van der Waals surface area contributed by atoms with Gasteiger partial charge in [0.1, 0.15) is 12.4 Å². The Morgan fingerprint density at radius 1 is 1.05 bits per heavy atom. The van der Waals surface area contributed by atoms with Gasteiger partial charge >= 0.3 is 0 Å². The van der Waals surface area contributed by atoms with Gasteiger partial charge in [0, 0.05) is 6.54 Å². The Kier molecular flexibility index (Phi) is 4.98. The zero-order valence-electron chi connectivity index (χ0n) is 12.2. The Labute approximate surface area is 125 Å². The zero-order valence-corrected chi connectivity index (χ0v) is 13.0. The normalized spacial score (nSPS) is 11.3. The summed E-state index contributed by atoms with van der Waals surface area (Å²) in [7, 11) is -3.46. The second-order valence-corrected chi connectivity index (χ2v) is 6.60. The summed E-state index contributed by atoms with van der Waals surface area (Å²) in [6.07, 6.45) is 0. The number of rotatable bonds is 6. The molecule has 2 aromatic carbocycles. The summed E-state index contributed by atoms with van der Waals surface area (Å²) in [5.41, 5.74) is 2.21. The third-order valence-electron chi connectivity index (χ3n) is 3.04. The Bertz CT molecular complexity index is 697. The number of hydrogen-bond donors (Lipinski definition) is 1. The van der Waals surface area contributed by atoms with Crippen molar-refractivity contribution in [3.8, 4) is 5.75 Å². The number of aryl methyl sites for hydroxylation is 2. The molecule has 0 radical (unpaired) electrons. The SMILES string of the molecule is Cc1ccc(OCCNS(=O)(=O)c2ccccc2)c(C)c1. The van der Waals surface area contributed by atoms with Gasteiger partial charge in [-0.25, -0.2) is 13.1 Å². The van der Waals surface area contributed by atoms with Crippen LogP contribution in [-0.4, -0.2) is 21.6 Å². The molecule has 0 atom stereocenters. The molecule has 5 heteroatoms.